The van der Waals surface area contributed by atoms with Crippen molar-refractivity contribution in [2.75, 3.05) is 21.2 Å². The molecule has 0 saturated heterocycles. The van der Waals surface area contributed by atoms with Crippen molar-refractivity contribution < 1.29 is 27.6 Å². The minimum Gasteiger partial charge on any atom is -0.398 e. The average Bonchev–Trinajstić information content (AvgIpc) is 3.20. The summed E-state index contributed by atoms with van der Waals surface area (Å²) >= 11 is 11.9. The maximum absolute atomic E-state index is 14.3. The second-order valence-electron chi connectivity index (χ2n) is 7.79. The highest BCUT2D eigenvalue weighted by molar-refractivity contribution is 6.34. The van der Waals surface area contributed by atoms with Gasteiger partial charge in [0.1, 0.15) is 13.4 Å². The zero-order chi connectivity index (χ0) is 25.1. The molecule has 0 spiro atoms. The van der Waals surface area contributed by atoms with Crippen LogP contribution in [0.25, 0.3) is 0 Å². The third-order valence-corrected chi connectivity index (χ3v) is 5.47. The Morgan fingerprint density at radius 3 is 2.53 bits per heavy atom. The smallest absolute Gasteiger partial charge is 0.398 e. The molecular formula is C22H21Cl2F3N4O3. The van der Waals surface area contributed by atoms with Crippen LogP contribution in [-0.2, 0) is 21.8 Å². The first-order valence-corrected chi connectivity index (χ1v) is 10.6. The molecule has 3 rings (SSSR count). The summed E-state index contributed by atoms with van der Waals surface area (Å²) in [7, 11) is 4.93. The molecule has 1 aliphatic rings. The van der Waals surface area contributed by atoms with Gasteiger partial charge in [-0.1, -0.05) is 39.6 Å². The van der Waals surface area contributed by atoms with Crippen molar-refractivity contribution in [2.24, 2.45) is 10.3 Å². The Morgan fingerprint density at radius 2 is 1.94 bits per heavy atom. The van der Waals surface area contributed by atoms with Crippen LogP contribution < -0.4 is 5.32 Å². The molecule has 0 aliphatic carbocycles. The van der Waals surface area contributed by atoms with Gasteiger partial charge in [0.05, 0.1) is 5.71 Å². The lowest BCUT2D eigenvalue weighted by Crippen LogP contribution is -2.42. The van der Waals surface area contributed by atoms with E-state index in [4.69, 9.17) is 28.0 Å². The van der Waals surface area contributed by atoms with Crippen LogP contribution >= 0.6 is 23.2 Å². The minimum atomic E-state index is -4.81. The van der Waals surface area contributed by atoms with Gasteiger partial charge in [-0.3, -0.25) is 4.79 Å². The summed E-state index contributed by atoms with van der Waals surface area (Å²) in [4.78, 5) is 23.9. The SMILES string of the molecule is CON=CNC(=O)c1ccc(C2=NOC(c3cc(Cl)cc(Cl)c3)(C(F)(F)F)C2)cc1CN(C)C. The van der Waals surface area contributed by atoms with E-state index in [0.29, 0.717) is 23.2 Å². The van der Waals surface area contributed by atoms with Gasteiger partial charge in [0, 0.05) is 34.1 Å². The number of oxime groups is 2. The zero-order valence-corrected chi connectivity index (χ0v) is 19.9. The number of benzene rings is 2. The molecule has 0 bridgehead atoms. The lowest BCUT2D eigenvalue weighted by atomic mass is 9.86. The Labute approximate surface area is 204 Å². The first-order chi connectivity index (χ1) is 16.0. The van der Waals surface area contributed by atoms with Gasteiger partial charge in [-0.15, -0.1) is 0 Å². The molecule has 1 aliphatic heterocycles. The van der Waals surface area contributed by atoms with Crippen LogP contribution in [0.1, 0.15) is 33.5 Å². The zero-order valence-electron chi connectivity index (χ0n) is 18.4. The molecule has 0 radical (unpaired) electrons. The first-order valence-electron chi connectivity index (χ1n) is 9.89. The van der Waals surface area contributed by atoms with Gasteiger partial charge in [0.25, 0.3) is 11.5 Å². The van der Waals surface area contributed by atoms with Crippen LogP contribution in [0.2, 0.25) is 10.0 Å². The lowest BCUT2D eigenvalue weighted by Gasteiger charge is -2.29. The summed E-state index contributed by atoms with van der Waals surface area (Å²) in [6.07, 6.45) is -4.31. The fourth-order valence-electron chi connectivity index (χ4n) is 3.53. The summed E-state index contributed by atoms with van der Waals surface area (Å²) in [6.45, 7) is 0.348. The van der Waals surface area contributed by atoms with Gasteiger partial charge >= 0.3 is 6.18 Å². The van der Waals surface area contributed by atoms with E-state index in [1.165, 1.54) is 25.3 Å². The van der Waals surface area contributed by atoms with Crippen molar-refractivity contribution in [3.05, 3.63) is 68.7 Å². The molecule has 0 fully saturated rings. The Morgan fingerprint density at radius 1 is 1.26 bits per heavy atom. The Bertz CT molecular complexity index is 1120. The van der Waals surface area contributed by atoms with Gasteiger partial charge in [-0.2, -0.15) is 13.2 Å². The third-order valence-electron chi connectivity index (χ3n) is 5.04. The molecule has 1 atom stereocenters. The van der Waals surface area contributed by atoms with Crippen molar-refractivity contribution >= 4 is 41.2 Å². The molecule has 12 heteroatoms. The first kappa shape index (κ1) is 25.8. The van der Waals surface area contributed by atoms with Crippen molar-refractivity contribution in [3.8, 4) is 0 Å². The third kappa shape index (κ3) is 5.45. The highest BCUT2D eigenvalue weighted by Gasteiger charge is 2.62. The van der Waals surface area contributed by atoms with E-state index in [9.17, 15) is 18.0 Å². The van der Waals surface area contributed by atoms with Gasteiger partial charge in [0.2, 0.25) is 0 Å². The monoisotopic (exact) mass is 516 g/mol. The molecule has 0 aromatic heterocycles. The topological polar surface area (TPSA) is 75.5 Å². The van der Waals surface area contributed by atoms with Gasteiger partial charge in [0.15, 0.2) is 0 Å². The van der Waals surface area contributed by atoms with E-state index in [2.05, 4.69) is 20.5 Å². The second-order valence-corrected chi connectivity index (χ2v) is 8.66. The van der Waals surface area contributed by atoms with Gasteiger partial charge in [-0.05, 0) is 55.6 Å². The molecular weight excluding hydrogens is 496 g/mol. The van der Waals surface area contributed by atoms with Gasteiger partial charge < -0.3 is 19.9 Å². The van der Waals surface area contributed by atoms with Crippen LogP contribution in [0.3, 0.4) is 0 Å². The summed E-state index contributed by atoms with van der Waals surface area (Å²) in [5, 5.41) is 9.79. The average molecular weight is 517 g/mol. The highest BCUT2D eigenvalue weighted by atomic mass is 35.5. The molecule has 1 amide bonds. The molecule has 1 heterocycles. The normalized spacial score (nSPS) is 18.2. The maximum Gasteiger partial charge on any atom is 0.435 e. The summed E-state index contributed by atoms with van der Waals surface area (Å²) in [5.74, 6) is -0.452. The molecule has 7 nitrogen and oxygen atoms in total. The Kier molecular flexibility index (Phi) is 7.74. The number of hydrogen-bond acceptors (Lipinski definition) is 6. The van der Waals surface area contributed by atoms with Crippen molar-refractivity contribution in [3.63, 3.8) is 0 Å². The molecule has 0 saturated carbocycles. The quantitative estimate of drug-likeness (QED) is 0.320. The maximum atomic E-state index is 14.3. The predicted octanol–water partition coefficient (Wildman–Crippen LogP) is 4.96. The standard InChI is InChI=1S/C22H21Cl2F3N4O3/c1-31(2)11-14-6-13(4-5-18(14)20(32)28-12-29-33-3)19-10-21(34-30-19,22(25,26)27)15-7-16(23)9-17(24)8-15/h4-9,12H,10-11H2,1-3H3,(H,28,29,32). The number of alkyl halides is 3. The largest absolute Gasteiger partial charge is 0.435 e. The van der Waals surface area contributed by atoms with E-state index >= 15 is 0 Å². The number of hydrogen-bond donors (Lipinski definition) is 1. The molecule has 34 heavy (non-hydrogen) atoms. The van der Waals surface area contributed by atoms with Crippen LogP contribution in [0.4, 0.5) is 13.2 Å². The summed E-state index contributed by atoms with van der Waals surface area (Å²) in [6, 6.07) is 8.29. The lowest BCUT2D eigenvalue weighted by molar-refractivity contribution is -0.275. The fraction of sp³-hybridized carbons (Fsp3) is 0.318. The van der Waals surface area contributed by atoms with E-state index in [1.54, 1.807) is 20.2 Å². The van der Waals surface area contributed by atoms with Crippen LogP contribution in [-0.4, -0.2) is 50.2 Å². The van der Waals surface area contributed by atoms with E-state index in [0.717, 1.165) is 18.5 Å². The summed E-state index contributed by atoms with van der Waals surface area (Å²) < 4.78 is 42.8. The van der Waals surface area contributed by atoms with Crippen molar-refractivity contribution in [1.82, 2.24) is 10.2 Å². The van der Waals surface area contributed by atoms with E-state index < -0.39 is 24.1 Å². The number of carbonyl (C=O) groups excluding carboxylic acids is 1. The molecule has 2 aromatic rings. The second kappa shape index (κ2) is 10.2. The Balaban J connectivity index is 1.98. The predicted molar refractivity (Wildman–Crippen MR) is 123 cm³/mol. The van der Waals surface area contributed by atoms with E-state index in [-0.39, 0.29) is 21.3 Å². The van der Waals surface area contributed by atoms with Crippen LogP contribution in [0, 0.1) is 0 Å². The van der Waals surface area contributed by atoms with Crippen LogP contribution in [0.15, 0.2) is 46.7 Å². The molecule has 182 valence electrons. The van der Waals surface area contributed by atoms with Gasteiger partial charge in [-0.25, -0.2) is 0 Å². The number of nitrogens with one attached hydrogen (secondary N) is 1. The number of halogens is 5. The van der Waals surface area contributed by atoms with Crippen molar-refractivity contribution in [1.29, 1.82) is 0 Å². The molecule has 1 N–H and O–H groups in total. The highest BCUT2D eigenvalue weighted by Crippen LogP contribution is 2.49. The number of nitrogens with zero attached hydrogens (tertiary/aromatic N) is 3. The van der Waals surface area contributed by atoms with Crippen molar-refractivity contribution in [2.45, 2.75) is 24.7 Å². The number of carbonyl (C=O) groups is 1. The number of amides is 1. The number of rotatable bonds is 7. The van der Waals surface area contributed by atoms with Crippen LogP contribution in [0.5, 0.6) is 0 Å². The molecule has 2 aromatic carbocycles. The van der Waals surface area contributed by atoms with E-state index in [1.807, 2.05) is 4.90 Å². The minimum absolute atomic E-state index is 0.0452. The molecule has 1 unspecified atom stereocenters. The fourth-order valence-corrected chi connectivity index (χ4v) is 4.05. The summed E-state index contributed by atoms with van der Waals surface area (Å²) in [5.41, 5.74) is -1.64. The Hall–Kier alpha value is -2.82.